The van der Waals surface area contributed by atoms with E-state index < -0.39 is 9.04 Å². The van der Waals surface area contributed by atoms with Gasteiger partial charge in [0.05, 0.1) is 16.8 Å². The molecule has 2 aromatic rings. The van der Waals surface area contributed by atoms with E-state index in [9.17, 15) is 0 Å². The summed E-state index contributed by atoms with van der Waals surface area (Å²) >= 11 is 0. The fraction of sp³-hybridized carbons (Fsp3) is 0.517. The summed E-state index contributed by atoms with van der Waals surface area (Å²) < 4.78 is 20.1. The van der Waals surface area contributed by atoms with Gasteiger partial charge in [-0.3, -0.25) is 0 Å². The van der Waals surface area contributed by atoms with Crippen LogP contribution in [-0.4, -0.2) is 33.0 Å². The van der Waals surface area contributed by atoms with Crippen molar-refractivity contribution in [3.05, 3.63) is 72.2 Å². The number of benzene rings is 2. The summed E-state index contributed by atoms with van der Waals surface area (Å²) in [4.78, 5) is 0. The molecule has 182 valence electrons. The van der Waals surface area contributed by atoms with E-state index in [0.717, 1.165) is 0 Å². The van der Waals surface area contributed by atoms with Crippen LogP contribution in [0.25, 0.3) is 0 Å². The third kappa shape index (κ3) is 5.28. The Morgan fingerprint density at radius 1 is 0.882 bits per heavy atom. The molecule has 2 fully saturated rings. The summed E-state index contributed by atoms with van der Waals surface area (Å²) in [6.45, 7) is 13.0. The Morgan fingerprint density at radius 3 is 1.82 bits per heavy atom. The van der Waals surface area contributed by atoms with E-state index in [1.54, 1.807) is 0 Å². The van der Waals surface area contributed by atoms with Crippen LogP contribution in [-0.2, 0) is 13.7 Å². The maximum atomic E-state index is 7.39. The van der Waals surface area contributed by atoms with Crippen LogP contribution in [0.2, 0.25) is 0 Å². The second-order valence-electron chi connectivity index (χ2n) is 11.2. The Morgan fingerprint density at radius 2 is 1.35 bits per heavy atom. The molecule has 1 unspecified atom stereocenters. The van der Waals surface area contributed by atoms with Crippen LogP contribution in [0.4, 0.5) is 0 Å². The van der Waals surface area contributed by atoms with E-state index >= 15 is 0 Å². The smallest absolute Gasteiger partial charge is 0.402 e. The first-order valence-electron chi connectivity index (χ1n) is 12.9. The average Bonchev–Trinajstić information content (AvgIpc) is 3.04. The third-order valence-electron chi connectivity index (χ3n) is 8.39. The molecule has 1 aliphatic carbocycles. The van der Waals surface area contributed by atoms with Gasteiger partial charge in [-0.2, -0.15) is 0 Å². The lowest BCUT2D eigenvalue weighted by atomic mass is 9.72. The molecule has 3 nitrogen and oxygen atoms in total. The molecule has 2 aromatic carbocycles. The van der Waals surface area contributed by atoms with Gasteiger partial charge in [0.2, 0.25) is 9.04 Å². The van der Waals surface area contributed by atoms with E-state index in [4.69, 9.17) is 13.7 Å². The lowest BCUT2D eigenvalue weighted by molar-refractivity contribution is 0.00578. The van der Waals surface area contributed by atoms with Crippen molar-refractivity contribution in [1.29, 1.82) is 0 Å². The predicted molar refractivity (Wildman–Crippen MR) is 145 cm³/mol. The Hall–Kier alpha value is -1.66. The molecule has 1 saturated heterocycles. The average molecular weight is 477 g/mol. The van der Waals surface area contributed by atoms with Gasteiger partial charge in [0, 0.05) is 0 Å². The highest BCUT2D eigenvalue weighted by molar-refractivity contribution is 6.80. The SMILES string of the molecule is C/C(=C\B1OC(C)(C)C(C)(C)O1)C(C)(O[SiH](c1ccccc1)c1ccccc1)C1CCCCC1. The molecule has 0 radical (unpaired) electrons. The zero-order chi connectivity index (χ0) is 24.4. The molecule has 0 bridgehead atoms. The van der Waals surface area contributed by atoms with Gasteiger partial charge in [-0.25, -0.2) is 0 Å². The summed E-state index contributed by atoms with van der Waals surface area (Å²) in [5, 5.41) is 2.64. The van der Waals surface area contributed by atoms with Crippen LogP contribution in [0.3, 0.4) is 0 Å². The molecule has 5 heteroatoms. The van der Waals surface area contributed by atoms with Gasteiger partial charge in [-0.05, 0) is 70.7 Å². The Labute approximate surface area is 208 Å². The highest BCUT2D eigenvalue weighted by atomic mass is 28.3. The second-order valence-corrected chi connectivity index (χ2v) is 13.6. The number of hydrogen-bond donors (Lipinski definition) is 0. The van der Waals surface area contributed by atoms with Crippen molar-refractivity contribution in [1.82, 2.24) is 0 Å². The zero-order valence-corrected chi connectivity index (χ0v) is 23.0. The Balaban J connectivity index is 1.71. The summed E-state index contributed by atoms with van der Waals surface area (Å²) in [5.41, 5.74) is 0.165. The fourth-order valence-corrected chi connectivity index (χ4v) is 7.99. The van der Waals surface area contributed by atoms with Crippen molar-refractivity contribution >= 4 is 26.5 Å². The lowest BCUT2D eigenvalue weighted by Crippen LogP contribution is -2.54. The van der Waals surface area contributed by atoms with E-state index in [1.807, 2.05) is 0 Å². The first-order valence-corrected chi connectivity index (χ1v) is 14.6. The monoisotopic (exact) mass is 476 g/mol. The molecular weight excluding hydrogens is 435 g/mol. The van der Waals surface area contributed by atoms with Gasteiger partial charge >= 0.3 is 7.12 Å². The molecule has 0 N–H and O–H groups in total. The maximum Gasteiger partial charge on any atom is 0.487 e. The van der Waals surface area contributed by atoms with Crippen molar-refractivity contribution in [2.45, 2.75) is 90.4 Å². The highest BCUT2D eigenvalue weighted by Gasteiger charge is 2.51. The van der Waals surface area contributed by atoms with Gasteiger partial charge in [0.1, 0.15) is 0 Å². The third-order valence-corrected chi connectivity index (χ3v) is 11.1. The minimum Gasteiger partial charge on any atom is -0.402 e. The molecule has 0 aromatic heterocycles. The first kappa shape index (κ1) is 25.4. The van der Waals surface area contributed by atoms with Crippen LogP contribution < -0.4 is 10.4 Å². The summed E-state index contributed by atoms with van der Waals surface area (Å²) in [5.74, 6) is 2.68. The molecule has 0 amide bonds. The fourth-order valence-electron chi connectivity index (χ4n) is 5.32. The van der Waals surface area contributed by atoms with E-state index in [-0.39, 0.29) is 23.9 Å². The largest absolute Gasteiger partial charge is 0.487 e. The van der Waals surface area contributed by atoms with Gasteiger partial charge in [0.15, 0.2) is 0 Å². The quantitative estimate of drug-likeness (QED) is 0.497. The Bertz CT molecular complexity index is 914. The first-order chi connectivity index (χ1) is 16.1. The highest BCUT2D eigenvalue weighted by Crippen LogP contribution is 2.42. The lowest BCUT2D eigenvalue weighted by Gasteiger charge is -2.44. The molecule has 2 aliphatic rings. The number of rotatable bonds is 7. The number of hydrogen-bond acceptors (Lipinski definition) is 3. The van der Waals surface area contributed by atoms with E-state index in [0.29, 0.717) is 5.92 Å². The topological polar surface area (TPSA) is 27.7 Å². The van der Waals surface area contributed by atoms with Gasteiger partial charge in [0.25, 0.3) is 0 Å². The van der Waals surface area contributed by atoms with Crippen molar-refractivity contribution in [3.8, 4) is 0 Å². The maximum absolute atomic E-state index is 7.39. The summed E-state index contributed by atoms with van der Waals surface area (Å²) in [6.07, 6.45) is 6.28. The van der Waals surface area contributed by atoms with Crippen LogP contribution in [0.1, 0.15) is 73.6 Å². The van der Waals surface area contributed by atoms with Crippen LogP contribution in [0.15, 0.2) is 72.2 Å². The summed E-state index contributed by atoms with van der Waals surface area (Å²) in [6, 6.07) is 21.6. The normalized spacial score (nSPS) is 22.7. The zero-order valence-electron chi connectivity index (χ0n) is 21.8. The molecule has 34 heavy (non-hydrogen) atoms. The standard InChI is InChI=1S/C29H41BO3Si/c1-23(22-30-31-27(2,3)28(4,5)32-30)29(6,24-16-10-7-11-17-24)33-34(25-18-12-8-13-19-25)26-20-14-9-15-21-26/h8-9,12-15,18-22,24,34H,7,10-11,16-17H2,1-6H3/b23-22+. The van der Waals surface area contributed by atoms with Gasteiger partial charge in [-0.1, -0.05) is 91.5 Å². The molecule has 1 saturated carbocycles. The van der Waals surface area contributed by atoms with Crippen molar-refractivity contribution in [2.75, 3.05) is 0 Å². The molecule has 1 atom stereocenters. The van der Waals surface area contributed by atoms with E-state index in [1.165, 1.54) is 48.1 Å². The predicted octanol–water partition coefficient (Wildman–Crippen LogP) is 5.46. The van der Waals surface area contributed by atoms with Gasteiger partial charge in [-0.15, -0.1) is 0 Å². The van der Waals surface area contributed by atoms with Crippen molar-refractivity contribution in [2.24, 2.45) is 5.92 Å². The minimum atomic E-state index is -1.92. The summed E-state index contributed by atoms with van der Waals surface area (Å²) in [7, 11) is -2.28. The minimum absolute atomic E-state index is 0.345. The van der Waals surface area contributed by atoms with Crippen LogP contribution in [0.5, 0.6) is 0 Å². The van der Waals surface area contributed by atoms with Crippen molar-refractivity contribution < 1.29 is 13.7 Å². The molecule has 1 aliphatic heterocycles. The molecule has 4 rings (SSSR count). The van der Waals surface area contributed by atoms with Gasteiger partial charge < -0.3 is 13.7 Å². The molecular formula is C29H41BO3Si. The molecule has 1 heterocycles. The Kier molecular flexibility index (Phi) is 7.59. The van der Waals surface area contributed by atoms with Crippen molar-refractivity contribution in [3.63, 3.8) is 0 Å². The van der Waals surface area contributed by atoms with Crippen LogP contribution >= 0.6 is 0 Å². The van der Waals surface area contributed by atoms with Crippen LogP contribution in [0, 0.1) is 5.92 Å². The van der Waals surface area contributed by atoms with E-state index in [2.05, 4.69) is 108 Å². The second kappa shape index (κ2) is 10.1. The molecule has 0 spiro atoms.